The number of esters is 1. The molecule has 10 heteroatoms. The van der Waals surface area contributed by atoms with Crippen molar-refractivity contribution in [2.75, 3.05) is 24.6 Å². The summed E-state index contributed by atoms with van der Waals surface area (Å²) in [6.45, 7) is 3.11. The SMILES string of the molecule is CCOC(=O)C1CCN(C2CC(=O)N(c3ccc(OC(F)(F)Cl)cc3)C2=O)CC1. The molecule has 2 fully saturated rings. The van der Waals surface area contributed by atoms with Crippen LogP contribution in [-0.2, 0) is 19.1 Å². The average Bonchev–Trinajstić information content (AvgIpc) is 2.96. The van der Waals surface area contributed by atoms with Crippen molar-refractivity contribution in [1.82, 2.24) is 4.90 Å². The Morgan fingerprint density at radius 3 is 2.38 bits per heavy atom. The first-order valence-corrected chi connectivity index (χ1v) is 9.70. The van der Waals surface area contributed by atoms with Crippen LogP contribution in [0.4, 0.5) is 14.5 Å². The topological polar surface area (TPSA) is 76.2 Å². The lowest BCUT2D eigenvalue weighted by Gasteiger charge is -2.33. The second-order valence-electron chi connectivity index (χ2n) is 6.89. The van der Waals surface area contributed by atoms with Crippen LogP contribution < -0.4 is 9.64 Å². The minimum Gasteiger partial charge on any atom is -0.466 e. The molecule has 1 aromatic rings. The Morgan fingerprint density at radius 2 is 1.83 bits per heavy atom. The Kier molecular flexibility index (Phi) is 6.38. The summed E-state index contributed by atoms with van der Waals surface area (Å²) in [5.41, 5.74) is -3.57. The number of anilines is 1. The van der Waals surface area contributed by atoms with E-state index >= 15 is 0 Å². The van der Waals surface area contributed by atoms with Gasteiger partial charge in [-0.15, -0.1) is 8.78 Å². The summed E-state index contributed by atoms with van der Waals surface area (Å²) in [5, 5.41) is 0. The van der Waals surface area contributed by atoms with E-state index in [1.165, 1.54) is 24.3 Å². The third kappa shape index (κ3) is 5.02. The van der Waals surface area contributed by atoms with Crippen LogP contribution in [0.5, 0.6) is 5.75 Å². The van der Waals surface area contributed by atoms with Crippen molar-refractivity contribution in [3.05, 3.63) is 24.3 Å². The number of nitrogens with zero attached hydrogens (tertiary/aromatic N) is 2. The summed E-state index contributed by atoms with van der Waals surface area (Å²) in [6, 6.07) is 4.52. The first-order valence-electron chi connectivity index (χ1n) is 9.33. The van der Waals surface area contributed by atoms with Gasteiger partial charge in [0, 0.05) is 11.6 Å². The van der Waals surface area contributed by atoms with Crippen LogP contribution in [0.1, 0.15) is 26.2 Å². The first kappa shape index (κ1) is 21.4. The normalized spacial score (nSPS) is 21.5. The Balaban J connectivity index is 1.64. The zero-order valence-corrected chi connectivity index (χ0v) is 16.5. The molecule has 0 aliphatic carbocycles. The number of hydrogen-bond donors (Lipinski definition) is 0. The maximum atomic E-state index is 12.8. The highest BCUT2D eigenvalue weighted by atomic mass is 35.5. The zero-order chi connectivity index (χ0) is 21.2. The van der Waals surface area contributed by atoms with Gasteiger partial charge in [0.2, 0.25) is 5.91 Å². The quantitative estimate of drug-likeness (QED) is 0.392. The van der Waals surface area contributed by atoms with Gasteiger partial charge in [-0.3, -0.25) is 19.3 Å². The molecule has 0 aromatic heterocycles. The minimum atomic E-state index is -3.85. The van der Waals surface area contributed by atoms with Crippen molar-refractivity contribution in [2.45, 2.75) is 37.8 Å². The lowest BCUT2D eigenvalue weighted by atomic mass is 9.95. The van der Waals surface area contributed by atoms with Crippen LogP contribution in [0.3, 0.4) is 0 Å². The third-order valence-electron chi connectivity index (χ3n) is 5.04. The van der Waals surface area contributed by atoms with E-state index in [0.29, 0.717) is 32.5 Å². The fourth-order valence-corrected chi connectivity index (χ4v) is 3.77. The van der Waals surface area contributed by atoms with Gasteiger partial charge in [0.1, 0.15) is 5.75 Å². The van der Waals surface area contributed by atoms with E-state index < -0.39 is 11.6 Å². The summed E-state index contributed by atoms with van der Waals surface area (Å²) >= 11 is 4.72. The molecule has 2 aliphatic rings. The number of likely N-dealkylation sites (tertiary alicyclic amines) is 1. The average molecular weight is 431 g/mol. The van der Waals surface area contributed by atoms with Crippen molar-refractivity contribution in [2.24, 2.45) is 5.92 Å². The lowest BCUT2D eigenvalue weighted by molar-refractivity contribution is -0.149. The number of halogens is 3. The number of imide groups is 1. The van der Waals surface area contributed by atoms with Crippen LogP contribution >= 0.6 is 11.6 Å². The predicted octanol–water partition coefficient (Wildman–Crippen LogP) is 2.76. The molecule has 2 aliphatic heterocycles. The molecular formula is C19H21ClF2N2O5. The van der Waals surface area contributed by atoms with Gasteiger partial charge >= 0.3 is 11.5 Å². The summed E-state index contributed by atoms with van der Waals surface area (Å²) in [4.78, 5) is 40.1. The molecule has 158 valence electrons. The molecule has 0 N–H and O–H groups in total. The van der Waals surface area contributed by atoms with Crippen LogP contribution in [-0.4, -0.2) is 54.0 Å². The summed E-state index contributed by atoms with van der Waals surface area (Å²) in [6.07, 6.45) is 1.16. The van der Waals surface area contributed by atoms with Gasteiger partial charge in [-0.05, 0) is 57.1 Å². The van der Waals surface area contributed by atoms with Crippen LogP contribution in [0.15, 0.2) is 24.3 Å². The summed E-state index contributed by atoms with van der Waals surface area (Å²) in [7, 11) is 0. The molecule has 2 heterocycles. The molecule has 2 amide bonds. The predicted molar refractivity (Wildman–Crippen MR) is 99.7 cm³/mol. The van der Waals surface area contributed by atoms with Crippen molar-refractivity contribution < 1.29 is 32.6 Å². The van der Waals surface area contributed by atoms with Crippen LogP contribution in [0.25, 0.3) is 0 Å². The maximum absolute atomic E-state index is 12.8. The van der Waals surface area contributed by atoms with Crippen LogP contribution in [0.2, 0.25) is 0 Å². The van der Waals surface area contributed by atoms with Crippen molar-refractivity contribution >= 4 is 35.1 Å². The Labute approximate surface area is 171 Å². The fraction of sp³-hybridized carbons (Fsp3) is 0.526. The lowest BCUT2D eigenvalue weighted by Crippen LogP contribution is -2.47. The monoisotopic (exact) mass is 430 g/mol. The van der Waals surface area contributed by atoms with E-state index in [0.717, 1.165) is 4.90 Å². The van der Waals surface area contributed by atoms with Crippen molar-refractivity contribution in [3.8, 4) is 5.75 Å². The number of carbonyl (C=O) groups is 3. The van der Waals surface area contributed by atoms with Crippen LogP contribution in [0, 0.1) is 5.92 Å². The molecule has 1 atom stereocenters. The Hall–Kier alpha value is -2.26. The summed E-state index contributed by atoms with van der Waals surface area (Å²) < 4.78 is 34.7. The van der Waals surface area contributed by atoms with Crippen molar-refractivity contribution in [3.63, 3.8) is 0 Å². The Morgan fingerprint density at radius 1 is 1.21 bits per heavy atom. The third-order valence-corrected chi connectivity index (χ3v) is 5.12. The van der Waals surface area contributed by atoms with Gasteiger partial charge in [-0.1, -0.05) is 0 Å². The Bertz CT molecular complexity index is 776. The molecule has 0 radical (unpaired) electrons. The molecule has 0 spiro atoms. The van der Waals surface area contributed by atoms with Gasteiger partial charge in [-0.25, -0.2) is 4.90 Å². The number of ether oxygens (including phenoxy) is 2. The number of hydrogen-bond acceptors (Lipinski definition) is 6. The zero-order valence-electron chi connectivity index (χ0n) is 15.8. The number of carbonyl (C=O) groups excluding carboxylic acids is 3. The fourth-order valence-electron chi connectivity index (χ4n) is 3.68. The number of amides is 2. The van der Waals surface area contributed by atoms with Gasteiger partial charge in [-0.2, -0.15) is 0 Å². The number of benzene rings is 1. The largest absolute Gasteiger partial charge is 0.487 e. The van der Waals surface area contributed by atoms with E-state index in [1.807, 2.05) is 4.90 Å². The molecule has 3 rings (SSSR count). The van der Waals surface area contributed by atoms with Gasteiger partial charge in [0.15, 0.2) is 0 Å². The molecule has 29 heavy (non-hydrogen) atoms. The number of alkyl halides is 3. The molecule has 0 bridgehead atoms. The van der Waals surface area contributed by atoms with E-state index in [9.17, 15) is 23.2 Å². The maximum Gasteiger partial charge on any atom is 0.487 e. The van der Waals surface area contributed by atoms with Crippen molar-refractivity contribution in [1.29, 1.82) is 0 Å². The second kappa shape index (κ2) is 8.62. The summed E-state index contributed by atoms with van der Waals surface area (Å²) in [5.74, 6) is -1.36. The highest BCUT2D eigenvalue weighted by molar-refractivity contribution is 6.22. The molecule has 2 saturated heterocycles. The number of piperidine rings is 1. The number of rotatable bonds is 6. The molecule has 1 aromatic carbocycles. The smallest absolute Gasteiger partial charge is 0.466 e. The second-order valence-corrected chi connectivity index (χ2v) is 7.33. The van der Waals surface area contributed by atoms with E-state index in [1.54, 1.807) is 6.92 Å². The molecule has 1 unspecified atom stereocenters. The first-order chi connectivity index (χ1) is 13.7. The molecular weight excluding hydrogens is 410 g/mol. The van der Waals surface area contributed by atoms with Gasteiger partial charge in [0.25, 0.3) is 5.91 Å². The van der Waals surface area contributed by atoms with E-state index in [4.69, 9.17) is 16.3 Å². The molecule has 7 nitrogen and oxygen atoms in total. The highest BCUT2D eigenvalue weighted by Gasteiger charge is 2.44. The van der Waals surface area contributed by atoms with Gasteiger partial charge < -0.3 is 9.47 Å². The van der Waals surface area contributed by atoms with Gasteiger partial charge in [0.05, 0.1) is 30.7 Å². The standard InChI is InChI=1S/C19H21ClF2N2O5/c1-2-28-18(27)12-7-9-23(10-8-12)15-11-16(25)24(17(15)26)13-3-5-14(6-4-13)29-19(20,21)22/h3-6,12,15H,2,7-11H2,1H3. The highest BCUT2D eigenvalue weighted by Crippen LogP contribution is 2.31. The van der Waals surface area contributed by atoms with E-state index in [-0.39, 0.29) is 41.6 Å². The van der Waals surface area contributed by atoms with E-state index in [2.05, 4.69) is 4.74 Å². The molecule has 0 saturated carbocycles. The minimum absolute atomic E-state index is 0.0287.